The summed E-state index contributed by atoms with van der Waals surface area (Å²) >= 11 is 18.4. The van der Waals surface area contributed by atoms with E-state index in [9.17, 15) is 10.1 Å². The Kier molecular flexibility index (Phi) is 7.82. The lowest BCUT2D eigenvalue weighted by Gasteiger charge is -2.10. The van der Waals surface area contributed by atoms with E-state index in [1.807, 2.05) is 32.0 Å². The van der Waals surface area contributed by atoms with Gasteiger partial charge in [0.1, 0.15) is 24.0 Å². The summed E-state index contributed by atoms with van der Waals surface area (Å²) in [7, 11) is 0. The Morgan fingerprint density at radius 2 is 1.78 bits per heavy atom. The first kappa shape index (κ1) is 23.7. The molecule has 0 saturated heterocycles. The molecule has 0 bridgehead atoms. The van der Waals surface area contributed by atoms with Crippen LogP contribution in [0.25, 0.3) is 6.08 Å². The molecule has 0 heterocycles. The molecule has 0 unspecified atom stereocenters. The van der Waals surface area contributed by atoms with Crippen molar-refractivity contribution >= 4 is 52.5 Å². The highest BCUT2D eigenvalue weighted by molar-refractivity contribution is 6.35. The molecule has 7 heteroatoms. The van der Waals surface area contributed by atoms with Gasteiger partial charge < -0.3 is 10.1 Å². The molecule has 3 rings (SSSR count). The third-order valence-electron chi connectivity index (χ3n) is 4.80. The molecule has 162 valence electrons. The second-order valence-corrected chi connectivity index (χ2v) is 8.39. The largest absolute Gasteiger partial charge is 0.487 e. The number of benzene rings is 3. The van der Waals surface area contributed by atoms with Crippen molar-refractivity contribution in [3.63, 3.8) is 0 Å². The van der Waals surface area contributed by atoms with Crippen LogP contribution < -0.4 is 10.1 Å². The number of hydrogen-bond donors (Lipinski definition) is 1. The molecule has 0 aliphatic rings. The van der Waals surface area contributed by atoms with Crippen molar-refractivity contribution in [2.45, 2.75) is 20.5 Å². The zero-order valence-electron chi connectivity index (χ0n) is 17.4. The van der Waals surface area contributed by atoms with Crippen LogP contribution in [0.3, 0.4) is 0 Å². The highest BCUT2D eigenvalue weighted by Gasteiger charge is 2.11. The number of rotatable bonds is 6. The van der Waals surface area contributed by atoms with Crippen molar-refractivity contribution in [2.75, 3.05) is 5.32 Å². The van der Waals surface area contributed by atoms with E-state index in [1.165, 1.54) is 6.08 Å². The number of carbonyl (C=O) groups is 1. The van der Waals surface area contributed by atoms with Gasteiger partial charge in [0.25, 0.3) is 5.91 Å². The molecule has 32 heavy (non-hydrogen) atoms. The molecule has 1 amide bonds. The summed E-state index contributed by atoms with van der Waals surface area (Å²) in [6, 6.07) is 17.7. The number of ether oxygens (including phenoxy) is 1. The van der Waals surface area contributed by atoms with Crippen molar-refractivity contribution < 1.29 is 9.53 Å². The van der Waals surface area contributed by atoms with Gasteiger partial charge in [0.15, 0.2) is 0 Å². The number of halogens is 3. The molecule has 0 radical (unpaired) electrons. The van der Waals surface area contributed by atoms with E-state index in [0.717, 1.165) is 16.7 Å². The monoisotopic (exact) mass is 484 g/mol. The van der Waals surface area contributed by atoms with Crippen LogP contribution in [0.2, 0.25) is 15.1 Å². The molecule has 0 aromatic heterocycles. The van der Waals surface area contributed by atoms with Crippen LogP contribution in [0, 0.1) is 25.2 Å². The van der Waals surface area contributed by atoms with E-state index in [1.54, 1.807) is 42.5 Å². The van der Waals surface area contributed by atoms with Crippen molar-refractivity contribution in [3.8, 4) is 11.8 Å². The predicted octanol–water partition coefficient (Wildman–Crippen LogP) is 7.39. The van der Waals surface area contributed by atoms with Crippen LogP contribution in [-0.2, 0) is 11.4 Å². The van der Waals surface area contributed by atoms with Crippen LogP contribution >= 0.6 is 34.8 Å². The van der Waals surface area contributed by atoms with Gasteiger partial charge in [0.2, 0.25) is 0 Å². The maximum atomic E-state index is 12.5. The standard InChI is InChI=1S/C25H19Cl3N2O2/c1-15-3-7-21(9-16(15)2)30-25(31)19(13-29)10-17-4-8-24(23(28)11-17)32-14-18-5-6-20(26)12-22(18)27/h3-12H,14H2,1-2H3,(H,30,31)/b19-10+. The van der Waals surface area contributed by atoms with E-state index >= 15 is 0 Å². The maximum absolute atomic E-state index is 12.5. The van der Waals surface area contributed by atoms with E-state index in [2.05, 4.69) is 5.32 Å². The molecule has 4 nitrogen and oxygen atoms in total. The van der Waals surface area contributed by atoms with E-state index in [-0.39, 0.29) is 12.2 Å². The third-order valence-corrected chi connectivity index (χ3v) is 5.68. The molecule has 0 aliphatic carbocycles. The van der Waals surface area contributed by atoms with Crippen LogP contribution in [0.5, 0.6) is 5.75 Å². The second kappa shape index (κ2) is 10.6. The van der Waals surface area contributed by atoms with Gasteiger partial charge in [-0.25, -0.2) is 0 Å². The van der Waals surface area contributed by atoms with Crippen LogP contribution in [0.1, 0.15) is 22.3 Å². The molecular formula is C25H19Cl3N2O2. The number of anilines is 1. The first-order valence-electron chi connectivity index (χ1n) is 9.63. The SMILES string of the molecule is Cc1ccc(NC(=O)/C(C#N)=C/c2ccc(OCc3ccc(Cl)cc3Cl)c(Cl)c2)cc1C. The molecule has 0 aliphatic heterocycles. The molecule has 0 spiro atoms. The van der Waals surface area contributed by atoms with Crippen LogP contribution in [0.15, 0.2) is 60.2 Å². The van der Waals surface area contributed by atoms with E-state index in [0.29, 0.717) is 32.1 Å². The average Bonchev–Trinajstić information content (AvgIpc) is 2.75. The van der Waals surface area contributed by atoms with Crippen molar-refractivity contribution in [3.05, 3.63) is 97.5 Å². The predicted molar refractivity (Wildman–Crippen MR) is 130 cm³/mol. The Bertz CT molecular complexity index is 1250. The topological polar surface area (TPSA) is 62.1 Å². The molecule has 0 atom stereocenters. The fourth-order valence-electron chi connectivity index (χ4n) is 2.85. The van der Waals surface area contributed by atoms with Gasteiger partial charge in [-0.05, 0) is 73.0 Å². The number of nitriles is 1. The molecular weight excluding hydrogens is 467 g/mol. The summed E-state index contributed by atoms with van der Waals surface area (Å²) in [5.41, 5.74) is 4.12. The van der Waals surface area contributed by atoms with Gasteiger partial charge in [0.05, 0.1) is 5.02 Å². The Hall–Kier alpha value is -2.97. The molecule has 1 N–H and O–H groups in total. The van der Waals surface area contributed by atoms with Gasteiger partial charge in [-0.2, -0.15) is 5.26 Å². The van der Waals surface area contributed by atoms with Gasteiger partial charge in [-0.1, -0.05) is 53.0 Å². The highest BCUT2D eigenvalue weighted by atomic mass is 35.5. The highest BCUT2D eigenvalue weighted by Crippen LogP contribution is 2.29. The molecule has 0 fully saturated rings. The average molecular weight is 486 g/mol. The lowest BCUT2D eigenvalue weighted by atomic mass is 10.1. The zero-order chi connectivity index (χ0) is 23.3. The van der Waals surface area contributed by atoms with Gasteiger partial charge >= 0.3 is 0 Å². The van der Waals surface area contributed by atoms with Crippen molar-refractivity contribution in [2.24, 2.45) is 0 Å². The minimum Gasteiger partial charge on any atom is -0.487 e. The fourth-order valence-corrected chi connectivity index (χ4v) is 3.56. The summed E-state index contributed by atoms with van der Waals surface area (Å²) in [5, 5.41) is 13.6. The number of aryl methyl sites for hydroxylation is 2. The van der Waals surface area contributed by atoms with Gasteiger partial charge in [0, 0.05) is 21.3 Å². The van der Waals surface area contributed by atoms with Crippen LogP contribution in [-0.4, -0.2) is 5.91 Å². The molecule has 3 aromatic carbocycles. The Morgan fingerprint density at radius 3 is 2.44 bits per heavy atom. The number of carbonyl (C=O) groups excluding carboxylic acids is 1. The summed E-state index contributed by atoms with van der Waals surface area (Å²) in [6.07, 6.45) is 1.47. The lowest BCUT2D eigenvalue weighted by Crippen LogP contribution is -2.13. The third kappa shape index (κ3) is 6.05. The number of amides is 1. The summed E-state index contributed by atoms with van der Waals surface area (Å²) in [5.74, 6) is -0.0440. The number of nitrogens with one attached hydrogen (secondary N) is 1. The smallest absolute Gasteiger partial charge is 0.266 e. The first-order valence-corrected chi connectivity index (χ1v) is 10.8. The Labute approximate surface area is 202 Å². The Balaban J connectivity index is 1.72. The summed E-state index contributed by atoms with van der Waals surface area (Å²) in [6.45, 7) is 4.16. The maximum Gasteiger partial charge on any atom is 0.266 e. The normalized spacial score (nSPS) is 11.1. The molecule has 0 saturated carbocycles. The Morgan fingerprint density at radius 1 is 1.00 bits per heavy atom. The quantitative estimate of drug-likeness (QED) is 0.292. The van der Waals surface area contributed by atoms with Crippen LogP contribution in [0.4, 0.5) is 5.69 Å². The second-order valence-electron chi connectivity index (χ2n) is 7.14. The summed E-state index contributed by atoms with van der Waals surface area (Å²) < 4.78 is 5.75. The fraction of sp³-hybridized carbons (Fsp3) is 0.120. The van der Waals surface area contributed by atoms with E-state index in [4.69, 9.17) is 39.5 Å². The molecule has 3 aromatic rings. The minimum absolute atomic E-state index is 0.0408. The lowest BCUT2D eigenvalue weighted by molar-refractivity contribution is -0.112. The van der Waals surface area contributed by atoms with Gasteiger partial charge in [-0.15, -0.1) is 0 Å². The number of hydrogen-bond acceptors (Lipinski definition) is 3. The number of nitrogens with zero attached hydrogens (tertiary/aromatic N) is 1. The van der Waals surface area contributed by atoms with Crippen molar-refractivity contribution in [1.29, 1.82) is 5.26 Å². The summed E-state index contributed by atoms with van der Waals surface area (Å²) in [4.78, 5) is 12.5. The van der Waals surface area contributed by atoms with E-state index < -0.39 is 5.91 Å². The zero-order valence-corrected chi connectivity index (χ0v) is 19.6. The van der Waals surface area contributed by atoms with Crippen molar-refractivity contribution in [1.82, 2.24) is 0 Å². The van der Waals surface area contributed by atoms with Gasteiger partial charge in [-0.3, -0.25) is 4.79 Å². The minimum atomic E-state index is -0.496. The first-order chi connectivity index (χ1) is 15.3.